The number of ether oxygens (including phenoxy) is 2. The Morgan fingerprint density at radius 2 is 1.89 bits per heavy atom. The van der Waals surface area contributed by atoms with Crippen molar-refractivity contribution in [2.45, 2.75) is 70.6 Å². The van der Waals surface area contributed by atoms with Crippen LogP contribution in [0.25, 0.3) is 11.0 Å². The molecule has 9 nitrogen and oxygen atoms in total. The van der Waals surface area contributed by atoms with Gasteiger partial charge in [0.1, 0.15) is 24.0 Å². The quantitative estimate of drug-likeness (QED) is 0.125. The zero-order valence-corrected chi connectivity index (χ0v) is 25.7. The third-order valence-electron chi connectivity index (χ3n) is 9.66. The highest BCUT2D eigenvalue weighted by Gasteiger charge is 2.43. The van der Waals surface area contributed by atoms with E-state index in [1.807, 2.05) is 18.2 Å². The lowest BCUT2D eigenvalue weighted by Gasteiger charge is -2.31. The van der Waals surface area contributed by atoms with Gasteiger partial charge in [-0.2, -0.15) is 5.26 Å². The molecule has 2 aromatic carbocycles. The van der Waals surface area contributed by atoms with Crippen LogP contribution in [-0.2, 0) is 24.5 Å². The molecule has 7 rings (SSSR count). The number of hydrogen-bond donors (Lipinski definition) is 0. The van der Waals surface area contributed by atoms with Gasteiger partial charge >= 0.3 is 0 Å². The van der Waals surface area contributed by atoms with E-state index in [0.717, 1.165) is 80.7 Å². The fraction of sp³-hybridized carbons (Fsp3) is 0.417. The Morgan fingerprint density at radius 1 is 1.07 bits per heavy atom. The SMILES string of the molecule is N#CCC1(Cn2c(CN3CCC(c4cccc(OCc5ccc(C(=O)C6CC6)cc5F)n4)CC3)nc3cc(OC=O)ccc32)CC1. The molecule has 1 saturated heterocycles. The van der Waals surface area contributed by atoms with Crippen molar-refractivity contribution in [3.8, 4) is 17.7 Å². The van der Waals surface area contributed by atoms with Crippen molar-refractivity contribution < 1.29 is 23.5 Å². The average Bonchev–Trinajstić information content (AvgIpc) is 4.00. The number of imidazole rings is 1. The first-order valence-electron chi connectivity index (χ1n) is 16.0. The third-order valence-corrected chi connectivity index (χ3v) is 9.66. The van der Waals surface area contributed by atoms with E-state index in [9.17, 15) is 19.2 Å². The van der Waals surface area contributed by atoms with Crippen LogP contribution >= 0.6 is 0 Å². The van der Waals surface area contributed by atoms with Gasteiger partial charge in [0.05, 0.1) is 23.6 Å². The van der Waals surface area contributed by atoms with Gasteiger partial charge in [0.2, 0.25) is 5.88 Å². The van der Waals surface area contributed by atoms with Gasteiger partial charge in [-0.1, -0.05) is 18.2 Å². The standard InChI is InChI=1S/C36H36FN5O4/c37-29-18-26(35(44)25-4-5-25)6-7-27(29)21-45-34-3-1-2-30(40-34)24-10-16-41(17-11-24)20-33-39-31-19-28(46-23-43)8-9-32(31)42(33)22-36(12-13-36)14-15-38/h1-3,6-9,18-19,23-25H,4-5,10-14,16-17,20-22H2. The fourth-order valence-electron chi connectivity index (χ4n) is 6.53. The summed E-state index contributed by atoms with van der Waals surface area (Å²) in [6, 6.07) is 18.3. The number of benzene rings is 2. The van der Waals surface area contributed by atoms with E-state index in [1.165, 1.54) is 6.07 Å². The second-order valence-electron chi connectivity index (χ2n) is 13.0. The maximum atomic E-state index is 14.7. The lowest BCUT2D eigenvalue weighted by molar-refractivity contribution is -0.120. The molecule has 236 valence electrons. The van der Waals surface area contributed by atoms with E-state index in [4.69, 9.17) is 19.4 Å². The van der Waals surface area contributed by atoms with Gasteiger partial charge in [-0.3, -0.25) is 14.5 Å². The Hall–Kier alpha value is -4.62. The molecule has 3 fully saturated rings. The number of carbonyl (C=O) groups is 2. The first kappa shape index (κ1) is 30.1. The molecule has 0 amide bonds. The van der Waals surface area contributed by atoms with Gasteiger partial charge in [0.15, 0.2) is 5.78 Å². The van der Waals surface area contributed by atoms with Crippen molar-refractivity contribution in [3.05, 3.63) is 83.1 Å². The molecule has 0 bridgehead atoms. The maximum absolute atomic E-state index is 14.7. The van der Waals surface area contributed by atoms with Crippen LogP contribution in [-0.4, -0.2) is 44.8 Å². The zero-order chi connectivity index (χ0) is 31.7. The summed E-state index contributed by atoms with van der Waals surface area (Å²) in [5, 5.41) is 9.41. The molecule has 2 saturated carbocycles. The van der Waals surface area contributed by atoms with Crippen LogP contribution < -0.4 is 9.47 Å². The Kier molecular flexibility index (Phi) is 8.26. The first-order chi connectivity index (χ1) is 22.4. The molecule has 1 aliphatic heterocycles. The van der Waals surface area contributed by atoms with Crippen molar-refractivity contribution in [1.82, 2.24) is 19.4 Å². The molecule has 0 unspecified atom stereocenters. The second kappa shape index (κ2) is 12.6. The largest absolute Gasteiger partial charge is 0.473 e. The van der Waals surface area contributed by atoms with Gasteiger partial charge in [-0.15, -0.1) is 0 Å². The van der Waals surface area contributed by atoms with Gasteiger partial charge < -0.3 is 14.0 Å². The number of ketones is 1. The highest BCUT2D eigenvalue weighted by atomic mass is 19.1. The molecule has 2 aromatic heterocycles. The number of fused-ring (bicyclic) bond motifs is 1. The minimum absolute atomic E-state index is 0.00512. The van der Waals surface area contributed by atoms with Crippen LogP contribution in [0.1, 0.15) is 78.3 Å². The summed E-state index contributed by atoms with van der Waals surface area (Å²) in [6.07, 6.45) is 6.24. The number of halogens is 1. The highest BCUT2D eigenvalue weighted by Crippen LogP contribution is 2.50. The molecule has 10 heteroatoms. The summed E-state index contributed by atoms with van der Waals surface area (Å²) >= 11 is 0. The number of hydrogen-bond acceptors (Lipinski definition) is 8. The molecule has 0 N–H and O–H groups in total. The van der Waals surface area contributed by atoms with Crippen molar-refractivity contribution in [1.29, 1.82) is 5.26 Å². The van der Waals surface area contributed by atoms with Crippen LogP contribution in [0.15, 0.2) is 54.6 Å². The Morgan fingerprint density at radius 3 is 2.61 bits per heavy atom. The number of piperidine rings is 1. The minimum Gasteiger partial charge on any atom is -0.473 e. The lowest BCUT2D eigenvalue weighted by Crippen LogP contribution is -2.34. The number of likely N-dealkylation sites (tertiary alicyclic amines) is 1. The predicted molar refractivity (Wildman–Crippen MR) is 168 cm³/mol. The van der Waals surface area contributed by atoms with E-state index >= 15 is 0 Å². The number of pyridine rings is 1. The molecule has 3 heterocycles. The fourth-order valence-corrected chi connectivity index (χ4v) is 6.53. The molecule has 0 spiro atoms. The number of rotatable bonds is 13. The summed E-state index contributed by atoms with van der Waals surface area (Å²) in [7, 11) is 0. The highest BCUT2D eigenvalue weighted by molar-refractivity contribution is 5.99. The second-order valence-corrected chi connectivity index (χ2v) is 13.0. The van der Waals surface area contributed by atoms with Gasteiger partial charge in [0, 0.05) is 59.2 Å². The summed E-state index contributed by atoms with van der Waals surface area (Å²) < 4.78 is 27.9. The third kappa shape index (κ3) is 6.51. The van der Waals surface area contributed by atoms with Crippen molar-refractivity contribution in [2.24, 2.45) is 11.3 Å². The lowest BCUT2D eigenvalue weighted by atomic mass is 9.93. The van der Waals surface area contributed by atoms with Crippen LogP contribution in [0.2, 0.25) is 0 Å². The minimum atomic E-state index is -0.435. The van der Waals surface area contributed by atoms with E-state index in [1.54, 1.807) is 30.3 Å². The molecule has 0 radical (unpaired) electrons. The number of nitrogens with zero attached hydrogens (tertiary/aromatic N) is 5. The van der Waals surface area contributed by atoms with Crippen molar-refractivity contribution in [3.63, 3.8) is 0 Å². The van der Waals surface area contributed by atoms with Gasteiger partial charge in [0.25, 0.3) is 6.47 Å². The van der Waals surface area contributed by atoms with E-state index < -0.39 is 5.82 Å². The topological polar surface area (TPSA) is 110 Å². The van der Waals surface area contributed by atoms with Gasteiger partial charge in [-0.05, 0) is 75.9 Å². The molecular weight excluding hydrogens is 585 g/mol. The molecule has 0 atom stereocenters. The monoisotopic (exact) mass is 621 g/mol. The summed E-state index contributed by atoms with van der Waals surface area (Å²) in [5.74, 6) is 1.78. The van der Waals surface area contributed by atoms with Crippen molar-refractivity contribution >= 4 is 23.3 Å². The Balaban J connectivity index is 0.989. The smallest absolute Gasteiger partial charge is 0.298 e. The number of nitriles is 1. The average molecular weight is 622 g/mol. The van der Waals surface area contributed by atoms with E-state index in [2.05, 4.69) is 15.5 Å². The van der Waals surface area contributed by atoms with Crippen LogP contribution in [0, 0.1) is 28.5 Å². The summed E-state index contributed by atoms with van der Waals surface area (Å²) in [5.41, 5.74) is 3.55. The number of carbonyl (C=O) groups excluding carboxylic acids is 2. The molecule has 4 aromatic rings. The Labute approximate surface area is 267 Å². The normalized spacial score (nSPS) is 17.8. The molecule has 2 aliphatic carbocycles. The number of Topliss-reactive ketones (excluding diaryl/α,β-unsaturated/α-hetero) is 1. The van der Waals surface area contributed by atoms with Crippen molar-refractivity contribution in [2.75, 3.05) is 13.1 Å². The van der Waals surface area contributed by atoms with Crippen LogP contribution in [0.5, 0.6) is 11.6 Å². The molecule has 46 heavy (non-hydrogen) atoms. The number of aromatic nitrogens is 3. The summed E-state index contributed by atoms with van der Waals surface area (Å²) in [6.45, 7) is 3.64. The van der Waals surface area contributed by atoms with E-state index in [0.29, 0.717) is 42.2 Å². The predicted octanol–water partition coefficient (Wildman–Crippen LogP) is 6.35. The van der Waals surface area contributed by atoms with Gasteiger partial charge in [-0.25, -0.2) is 14.4 Å². The molecule has 3 aliphatic rings. The van der Waals surface area contributed by atoms with Crippen LogP contribution in [0.3, 0.4) is 0 Å². The van der Waals surface area contributed by atoms with E-state index in [-0.39, 0.29) is 29.6 Å². The zero-order valence-electron chi connectivity index (χ0n) is 25.7. The first-order valence-corrected chi connectivity index (χ1v) is 16.0. The van der Waals surface area contributed by atoms with Crippen LogP contribution in [0.4, 0.5) is 4.39 Å². The summed E-state index contributed by atoms with van der Waals surface area (Å²) in [4.78, 5) is 35.3. The Bertz CT molecular complexity index is 1810. The molecular formula is C36H36FN5O4. The maximum Gasteiger partial charge on any atom is 0.298 e.